The monoisotopic (exact) mass is 317 g/mol. The van der Waals surface area contributed by atoms with Crippen LogP contribution in [0.15, 0.2) is 35.2 Å². The van der Waals surface area contributed by atoms with Crippen molar-refractivity contribution in [1.82, 2.24) is 15.3 Å². The molecule has 2 heterocycles. The first-order chi connectivity index (χ1) is 11.3. The van der Waals surface area contributed by atoms with Crippen molar-refractivity contribution in [2.45, 2.75) is 37.8 Å². The molecular formula is C16H19N3O4. The number of rotatable bonds is 5. The third-order valence-corrected chi connectivity index (χ3v) is 3.86. The van der Waals surface area contributed by atoms with E-state index in [1.807, 2.05) is 0 Å². The van der Waals surface area contributed by atoms with Gasteiger partial charge in [0.1, 0.15) is 6.10 Å². The SMILES string of the molecule is COc1nccnc1OC1CCC(NC(=O)c2ccco2)CC1. The molecule has 122 valence electrons. The van der Waals surface area contributed by atoms with E-state index in [2.05, 4.69) is 15.3 Å². The fourth-order valence-corrected chi connectivity index (χ4v) is 2.68. The third-order valence-electron chi connectivity index (χ3n) is 3.86. The first kappa shape index (κ1) is 15.3. The Morgan fingerprint density at radius 1 is 1.22 bits per heavy atom. The van der Waals surface area contributed by atoms with E-state index in [-0.39, 0.29) is 18.1 Å². The second kappa shape index (κ2) is 7.13. The van der Waals surface area contributed by atoms with E-state index in [1.165, 1.54) is 13.4 Å². The zero-order valence-electron chi connectivity index (χ0n) is 12.9. The second-order valence-electron chi connectivity index (χ2n) is 5.41. The molecule has 0 saturated heterocycles. The number of methoxy groups -OCH3 is 1. The van der Waals surface area contributed by atoms with Crippen molar-refractivity contribution in [3.63, 3.8) is 0 Å². The summed E-state index contributed by atoms with van der Waals surface area (Å²) in [6, 6.07) is 3.49. The average Bonchev–Trinajstić information content (AvgIpc) is 3.12. The van der Waals surface area contributed by atoms with Crippen LogP contribution in [0.1, 0.15) is 36.2 Å². The lowest BCUT2D eigenvalue weighted by Gasteiger charge is -2.29. The second-order valence-corrected chi connectivity index (χ2v) is 5.41. The first-order valence-corrected chi connectivity index (χ1v) is 7.62. The first-order valence-electron chi connectivity index (χ1n) is 7.62. The molecule has 1 amide bonds. The van der Waals surface area contributed by atoms with Gasteiger partial charge in [-0.15, -0.1) is 0 Å². The molecule has 7 nitrogen and oxygen atoms in total. The van der Waals surface area contributed by atoms with Crippen LogP contribution in [0.3, 0.4) is 0 Å². The molecule has 2 aromatic heterocycles. The van der Waals surface area contributed by atoms with Crippen molar-refractivity contribution in [3.05, 3.63) is 36.5 Å². The Hall–Kier alpha value is -2.57. The van der Waals surface area contributed by atoms with Gasteiger partial charge in [-0.25, -0.2) is 9.97 Å². The molecule has 0 spiro atoms. The number of furan rings is 1. The number of nitrogens with one attached hydrogen (secondary N) is 1. The lowest BCUT2D eigenvalue weighted by Crippen LogP contribution is -2.39. The van der Waals surface area contributed by atoms with Crippen LogP contribution >= 0.6 is 0 Å². The summed E-state index contributed by atoms with van der Waals surface area (Å²) in [5.41, 5.74) is 0. The minimum absolute atomic E-state index is 0.0531. The van der Waals surface area contributed by atoms with Gasteiger partial charge < -0.3 is 19.2 Å². The van der Waals surface area contributed by atoms with Crippen LogP contribution in [-0.2, 0) is 0 Å². The number of hydrogen-bond donors (Lipinski definition) is 1. The number of carbonyl (C=O) groups excluding carboxylic acids is 1. The third kappa shape index (κ3) is 3.80. The smallest absolute Gasteiger partial charge is 0.287 e. The highest BCUT2D eigenvalue weighted by Gasteiger charge is 2.25. The van der Waals surface area contributed by atoms with Crippen LogP contribution in [0.5, 0.6) is 11.8 Å². The predicted molar refractivity (Wildman–Crippen MR) is 81.4 cm³/mol. The van der Waals surface area contributed by atoms with Crippen LogP contribution in [0.2, 0.25) is 0 Å². The van der Waals surface area contributed by atoms with Crippen molar-refractivity contribution in [2.24, 2.45) is 0 Å². The maximum absolute atomic E-state index is 12.0. The Balaban J connectivity index is 1.49. The van der Waals surface area contributed by atoms with E-state index in [9.17, 15) is 4.79 Å². The van der Waals surface area contributed by atoms with E-state index in [1.54, 1.807) is 24.5 Å². The number of hydrogen-bond acceptors (Lipinski definition) is 6. The maximum atomic E-state index is 12.0. The molecule has 7 heteroatoms. The van der Waals surface area contributed by atoms with E-state index in [4.69, 9.17) is 13.9 Å². The van der Waals surface area contributed by atoms with Crippen molar-refractivity contribution < 1.29 is 18.7 Å². The summed E-state index contributed by atoms with van der Waals surface area (Å²) in [5.74, 6) is 0.974. The van der Waals surface area contributed by atoms with Gasteiger partial charge in [-0.1, -0.05) is 0 Å². The molecule has 2 aromatic rings. The van der Waals surface area contributed by atoms with Gasteiger partial charge in [-0.05, 0) is 37.8 Å². The fraction of sp³-hybridized carbons (Fsp3) is 0.438. The molecule has 23 heavy (non-hydrogen) atoms. The van der Waals surface area contributed by atoms with E-state index in [0.717, 1.165) is 25.7 Å². The highest BCUT2D eigenvalue weighted by atomic mass is 16.5. The van der Waals surface area contributed by atoms with Gasteiger partial charge in [-0.2, -0.15) is 0 Å². The summed E-state index contributed by atoms with van der Waals surface area (Å²) < 4.78 is 16.1. The highest BCUT2D eigenvalue weighted by molar-refractivity contribution is 5.91. The Morgan fingerprint density at radius 2 is 1.96 bits per heavy atom. The number of carbonyl (C=O) groups is 1. The van der Waals surface area contributed by atoms with Crippen LogP contribution < -0.4 is 14.8 Å². The Kier molecular flexibility index (Phi) is 4.75. The molecule has 0 bridgehead atoms. The summed E-state index contributed by atoms with van der Waals surface area (Å²) in [6.07, 6.45) is 8.05. The van der Waals surface area contributed by atoms with Gasteiger partial charge in [-0.3, -0.25) is 4.79 Å². The van der Waals surface area contributed by atoms with Gasteiger partial charge in [0.2, 0.25) is 0 Å². The average molecular weight is 317 g/mol. The summed E-state index contributed by atoms with van der Waals surface area (Å²) in [4.78, 5) is 20.2. The molecule has 1 fully saturated rings. The molecule has 1 N–H and O–H groups in total. The molecule has 0 atom stereocenters. The van der Waals surface area contributed by atoms with Crippen LogP contribution in [0.25, 0.3) is 0 Å². The normalized spacial score (nSPS) is 20.7. The quantitative estimate of drug-likeness (QED) is 0.909. The van der Waals surface area contributed by atoms with E-state index in [0.29, 0.717) is 17.5 Å². The van der Waals surface area contributed by atoms with Crippen molar-refractivity contribution in [1.29, 1.82) is 0 Å². The topological polar surface area (TPSA) is 86.5 Å². The largest absolute Gasteiger partial charge is 0.477 e. The zero-order valence-corrected chi connectivity index (χ0v) is 12.9. The molecule has 0 aliphatic heterocycles. The Labute approximate surface area is 134 Å². The molecule has 1 saturated carbocycles. The molecular weight excluding hydrogens is 298 g/mol. The molecule has 1 aliphatic carbocycles. The predicted octanol–water partition coefficient (Wildman–Crippen LogP) is 2.20. The molecule has 0 unspecified atom stereocenters. The minimum Gasteiger partial charge on any atom is -0.477 e. The van der Waals surface area contributed by atoms with Gasteiger partial charge in [0.25, 0.3) is 17.7 Å². The Morgan fingerprint density at radius 3 is 2.61 bits per heavy atom. The number of aromatic nitrogens is 2. The van der Waals surface area contributed by atoms with Crippen molar-refractivity contribution >= 4 is 5.91 Å². The summed E-state index contributed by atoms with van der Waals surface area (Å²) in [6.45, 7) is 0. The van der Waals surface area contributed by atoms with Gasteiger partial charge >= 0.3 is 0 Å². The number of nitrogens with zero attached hydrogens (tertiary/aromatic N) is 2. The molecule has 3 rings (SSSR count). The highest BCUT2D eigenvalue weighted by Crippen LogP contribution is 2.27. The van der Waals surface area contributed by atoms with Crippen molar-refractivity contribution in [3.8, 4) is 11.8 Å². The molecule has 1 aliphatic rings. The van der Waals surface area contributed by atoms with E-state index >= 15 is 0 Å². The molecule has 0 radical (unpaired) electrons. The summed E-state index contributed by atoms with van der Waals surface area (Å²) >= 11 is 0. The summed E-state index contributed by atoms with van der Waals surface area (Å²) in [7, 11) is 1.54. The Bertz CT molecular complexity index is 637. The van der Waals surface area contributed by atoms with Crippen LogP contribution in [0.4, 0.5) is 0 Å². The van der Waals surface area contributed by atoms with Crippen LogP contribution in [-0.4, -0.2) is 35.1 Å². The maximum Gasteiger partial charge on any atom is 0.287 e. The summed E-state index contributed by atoms with van der Waals surface area (Å²) in [5, 5.41) is 2.99. The lowest BCUT2D eigenvalue weighted by atomic mass is 9.93. The van der Waals surface area contributed by atoms with E-state index < -0.39 is 0 Å². The van der Waals surface area contributed by atoms with Gasteiger partial charge in [0.15, 0.2) is 5.76 Å². The lowest BCUT2D eigenvalue weighted by molar-refractivity contribution is 0.0860. The standard InChI is InChI=1S/C16H19N3O4/c1-21-15-16(18-9-8-17-15)23-12-6-4-11(5-7-12)19-14(20)13-3-2-10-22-13/h2-3,8-12H,4-7H2,1H3,(H,19,20). The molecule has 0 aromatic carbocycles. The fourth-order valence-electron chi connectivity index (χ4n) is 2.68. The van der Waals surface area contributed by atoms with Gasteiger partial charge in [0.05, 0.1) is 13.4 Å². The van der Waals surface area contributed by atoms with Gasteiger partial charge in [0, 0.05) is 18.4 Å². The number of ether oxygens (including phenoxy) is 2. The number of amides is 1. The van der Waals surface area contributed by atoms with Crippen LogP contribution in [0, 0.1) is 0 Å². The van der Waals surface area contributed by atoms with Crippen molar-refractivity contribution in [2.75, 3.05) is 7.11 Å². The zero-order chi connectivity index (χ0) is 16.1. The minimum atomic E-state index is -0.171.